The fraction of sp³-hybridized carbons (Fsp3) is 0.350. The maximum atomic E-state index is 13.4. The van der Waals surface area contributed by atoms with E-state index in [1.165, 1.54) is 12.1 Å². The van der Waals surface area contributed by atoms with Crippen LogP contribution in [0.5, 0.6) is 0 Å². The fourth-order valence-electron chi connectivity index (χ4n) is 4.14. The van der Waals surface area contributed by atoms with Crippen LogP contribution in [0.25, 0.3) is 5.65 Å². The number of carboxylic acid groups (broad SMARTS) is 1. The van der Waals surface area contributed by atoms with Crippen LogP contribution < -0.4 is 11.1 Å². The molecular weight excluding hydrogens is 475 g/mol. The maximum absolute atomic E-state index is 13.4. The van der Waals surface area contributed by atoms with Crippen molar-refractivity contribution in [3.63, 3.8) is 0 Å². The molecule has 2 aromatic heterocycles. The minimum atomic E-state index is -4.96. The van der Waals surface area contributed by atoms with E-state index in [4.69, 9.17) is 5.73 Å². The molecule has 14 heteroatoms. The van der Waals surface area contributed by atoms with E-state index >= 15 is 0 Å². The van der Waals surface area contributed by atoms with Crippen molar-refractivity contribution < 1.29 is 40.6 Å². The van der Waals surface area contributed by atoms with Crippen molar-refractivity contribution in [2.75, 3.05) is 11.9 Å². The average molecular weight is 491 g/mol. The topological polar surface area (TPSA) is 106 Å². The standard InChI is InChI=1S/C20H16F7N5O2/c21-10-3-1-9(2-4-10)18(7-11(16(18)28)17(33)34)8-29-14-5-12(19(22,23)24)30-15-6-13(20(25,26)27)31-32(14)15/h1-6,11,16,29H,7-8,28H2,(H,33,34). The van der Waals surface area contributed by atoms with E-state index in [0.717, 1.165) is 12.1 Å². The SMILES string of the molecule is NC1C(C(=O)O)CC1(CNc1cc(C(F)(F)F)nc2cc(C(F)(F)F)nn12)c1ccc(F)cc1. The molecule has 0 bridgehead atoms. The van der Waals surface area contributed by atoms with Crippen LogP contribution in [0.15, 0.2) is 36.4 Å². The summed E-state index contributed by atoms with van der Waals surface area (Å²) in [5, 5.41) is 15.3. The molecule has 4 N–H and O–H groups in total. The van der Waals surface area contributed by atoms with E-state index in [9.17, 15) is 40.6 Å². The zero-order chi connectivity index (χ0) is 25.1. The van der Waals surface area contributed by atoms with Crippen LogP contribution in [0.1, 0.15) is 23.4 Å². The summed E-state index contributed by atoms with van der Waals surface area (Å²) in [4.78, 5) is 14.7. The number of hydrogen-bond acceptors (Lipinski definition) is 5. The normalized spacial score (nSPS) is 23.1. The number of carbonyl (C=O) groups is 1. The molecule has 0 saturated heterocycles. The number of nitrogens with one attached hydrogen (secondary N) is 1. The lowest BCUT2D eigenvalue weighted by atomic mass is 9.55. The third-order valence-corrected chi connectivity index (χ3v) is 5.99. The quantitative estimate of drug-likeness (QED) is 0.471. The highest BCUT2D eigenvalue weighted by Gasteiger charge is 2.56. The number of hydrogen-bond donors (Lipinski definition) is 3. The summed E-state index contributed by atoms with van der Waals surface area (Å²) >= 11 is 0. The summed E-state index contributed by atoms with van der Waals surface area (Å²) < 4.78 is 93.3. The summed E-state index contributed by atoms with van der Waals surface area (Å²) in [5.74, 6) is -3.19. The fourth-order valence-corrected chi connectivity index (χ4v) is 4.14. The van der Waals surface area contributed by atoms with Gasteiger partial charge in [-0.25, -0.2) is 9.37 Å². The minimum Gasteiger partial charge on any atom is -0.481 e. The molecule has 7 nitrogen and oxygen atoms in total. The molecule has 4 rings (SSSR count). The summed E-state index contributed by atoms with van der Waals surface area (Å²) in [6, 6.07) is 4.84. The number of carboxylic acids is 1. The number of rotatable bonds is 5. The molecule has 0 radical (unpaired) electrons. The van der Waals surface area contributed by atoms with Gasteiger partial charge in [-0.1, -0.05) is 12.1 Å². The predicted octanol–water partition coefficient (Wildman–Crippen LogP) is 3.69. The van der Waals surface area contributed by atoms with Gasteiger partial charge in [0, 0.05) is 30.1 Å². The molecule has 1 fully saturated rings. The highest BCUT2D eigenvalue weighted by atomic mass is 19.4. The van der Waals surface area contributed by atoms with Gasteiger partial charge in [0.15, 0.2) is 17.0 Å². The number of fused-ring (bicyclic) bond motifs is 1. The lowest BCUT2D eigenvalue weighted by molar-refractivity contribution is -0.148. The van der Waals surface area contributed by atoms with Crippen molar-refractivity contribution in [2.45, 2.75) is 30.2 Å². The Morgan fingerprint density at radius 1 is 1.12 bits per heavy atom. The summed E-state index contributed by atoms with van der Waals surface area (Å²) in [6.45, 7) is -0.263. The molecule has 1 saturated carbocycles. The third-order valence-electron chi connectivity index (χ3n) is 5.99. The van der Waals surface area contributed by atoms with Gasteiger partial charge in [-0.2, -0.15) is 36.0 Å². The van der Waals surface area contributed by atoms with Crippen LogP contribution >= 0.6 is 0 Å². The molecular formula is C20H16F7N5O2. The molecule has 3 atom stereocenters. The van der Waals surface area contributed by atoms with Gasteiger partial charge in [0.05, 0.1) is 5.92 Å². The second-order valence-corrected chi connectivity index (χ2v) is 8.01. The van der Waals surface area contributed by atoms with Crippen molar-refractivity contribution in [3.05, 3.63) is 59.2 Å². The Bertz CT molecular complexity index is 1240. The van der Waals surface area contributed by atoms with E-state index < -0.39 is 64.4 Å². The molecule has 0 aliphatic heterocycles. The number of anilines is 1. The van der Waals surface area contributed by atoms with Crippen LogP contribution in [-0.4, -0.2) is 38.3 Å². The Balaban J connectivity index is 1.76. The van der Waals surface area contributed by atoms with Gasteiger partial charge in [-0.05, 0) is 24.1 Å². The van der Waals surface area contributed by atoms with Crippen molar-refractivity contribution in [1.29, 1.82) is 0 Å². The highest BCUT2D eigenvalue weighted by molar-refractivity contribution is 5.74. The molecule has 34 heavy (non-hydrogen) atoms. The molecule has 3 aromatic rings. The van der Waals surface area contributed by atoms with Gasteiger partial charge in [0.1, 0.15) is 11.6 Å². The van der Waals surface area contributed by atoms with Crippen molar-refractivity contribution in [2.24, 2.45) is 11.7 Å². The number of aliphatic carboxylic acids is 1. The minimum absolute atomic E-state index is 0.0323. The van der Waals surface area contributed by atoms with Gasteiger partial charge in [0.25, 0.3) is 0 Å². The van der Waals surface area contributed by atoms with Crippen LogP contribution in [-0.2, 0) is 22.6 Å². The average Bonchev–Trinajstić information content (AvgIpc) is 3.18. The smallest absolute Gasteiger partial charge is 0.435 e. The second-order valence-electron chi connectivity index (χ2n) is 8.01. The highest BCUT2D eigenvalue weighted by Crippen LogP contribution is 2.47. The lowest BCUT2D eigenvalue weighted by Crippen LogP contribution is -2.65. The lowest BCUT2D eigenvalue weighted by Gasteiger charge is -2.52. The van der Waals surface area contributed by atoms with Crippen molar-refractivity contribution >= 4 is 17.4 Å². The number of alkyl halides is 6. The van der Waals surface area contributed by atoms with Gasteiger partial charge in [-0.3, -0.25) is 4.79 Å². The number of halogens is 7. The Morgan fingerprint density at radius 2 is 1.74 bits per heavy atom. The van der Waals surface area contributed by atoms with Crippen LogP contribution in [0.4, 0.5) is 36.6 Å². The van der Waals surface area contributed by atoms with E-state index in [1.807, 2.05) is 0 Å². The zero-order valence-electron chi connectivity index (χ0n) is 17.0. The van der Waals surface area contributed by atoms with E-state index in [0.29, 0.717) is 22.2 Å². The molecule has 1 aliphatic rings. The molecule has 1 aromatic carbocycles. The van der Waals surface area contributed by atoms with Crippen LogP contribution in [0, 0.1) is 11.7 Å². The Morgan fingerprint density at radius 3 is 2.26 bits per heavy atom. The largest absolute Gasteiger partial charge is 0.481 e. The third kappa shape index (κ3) is 4.02. The first-order valence-electron chi connectivity index (χ1n) is 9.76. The van der Waals surface area contributed by atoms with Crippen molar-refractivity contribution in [3.8, 4) is 0 Å². The van der Waals surface area contributed by atoms with E-state index in [1.54, 1.807) is 0 Å². The Hall–Kier alpha value is -3.42. The first-order valence-corrected chi connectivity index (χ1v) is 9.76. The number of aromatic nitrogens is 3. The van der Waals surface area contributed by atoms with Gasteiger partial charge >= 0.3 is 18.3 Å². The molecule has 182 valence electrons. The molecule has 1 aliphatic carbocycles. The molecule has 0 amide bonds. The number of nitrogens with two attached hydrogens (primary N) is 1. The maximum Gasteiger partial charge on any atom is 0.435 e. The monoisotopic (exact) mass is 491 g/mol. The Labute approximate surface area is 186 Å². The first-order chi connectivity index (χ1) is 15.7. The summed E-state index contributed by atoms with van der Waals surface area (Å²) in [6.07, 6.45) is -9.92. The van der Waals surface area contributed by atoms with Gasteiger partial charge < -0.3 is 16.2 Å². The van der Waals surface area contributed by atoms with Crippen molar-refractivity contribution in [1.82, 2.24) is 14.6 Å². The number of benzene rings is 1. The van der Waals surface area contributed by atoms with Gasteiger partial charge in [-0.15, -0.1) is 0 Å². The molecule has 2 heterocycles. The molecule has 0 spiro atoms. The van der Waals surface area contributed by atoms with E-state index in [2.05, 4.69) is 15.4 Å². The first kappa shape index (κ1) is 23.7. The van der Waals surface area contributed by atoms with E-state index in [-0.39, 0.29) is 13.0 Å². The van der Waals surface area contributed by atoms with Crippen LogP contribution in [0.2, 0.25) is 0 Å². The second kappa shape index (κ2) is 7.82. The zero-order valence-corrected chi connectivity index (χ0v) is 17.0. The summed E-state index contributed by atoms with van der Waals surface area (Å²) in [7, 11) is 0. The predicted molar refractivity (Wildman–Crippen MR) is 103 cm³/mol. The van der Waals surface area contributed by atoms with Gasteiger partial charge in [0.2, 0.25) is 0 Å². The summed E-state index contributed by atoms with van der Waals surface area (Å²) in [5.41, 5.74) is 1.82. The number of nitrogens with zero attached hydrogens (tertiary/aromatic N) is 3. The Kier molecular flexibility index (Phi) is 5.46. The van der Waals surface area contributed by atoms with Crippen LogP contribution in [0.3, 0.4) is 0 Å². The molecule has 3 unspecified atom stereocenters.